The lowest BCUT2D eigenvalue weighted by molar-refractivity contribution is -0.130. The van der Waals surface area contributed by atoms with E-state index in [0.29, 0.717) is 28.3 Å². The summed E-state index contributed by atoms with van der Waals surface area (Å²) in [6.45, 7) is 0.145. The molecule has 2 aromatic carbocycles. The maximum Gasteiger partial charge on any atom is 0.336 e. The van der Waals surface area contributed by atoms with Gasteiger partial charge < -0.3 is 20.3 Å². The Morgan fingerprint density at radius 2 is 1.81 bits per heavy atom. The molecule has 0 atom stereocenters. The van der Waals surface area contributed by atoms with E-state index >= 15 is 0 Å². The Morgan fingerprint density at radius 3 is 2.48 bits per heavy atom. The van der Waals surface area contributed by atoms with Crippen LogP contribution in [-0.2, 0) is 4.79 Å². The average Bonchev–Trinajstić information content (AvgIpc) is 2.92. The minimum Gasteiger partial charge on any atom is -0.478 e. The summed E-state index contributed by atoms with van der Waals surface area (Å²) in [6, 6.07) is 12.2. The van der Waals surface area contributed by atoms with E-state index in [1.54, 1.807) is 36.4 Å². The average molecular weight is 283 g/mol. The van der Waals surface area contributed by atoms with Crippen molar-refractivity contribution < 1.29 is 19.4 Å². The van der Waals surface area contributed by atoms with Gasteiger partial charge in [0.25, 0.3) is 0 Å². The Bertz CT molecular complexity index is 723. The van der Waals surface area contributed by atoms with Gasteiger partial charge in [-0.15, -0.1) is 0 Å². The summed E-state index contributed by atoms with van der Waals surface area (Å²) >= 11 is 0. The molecule has 5 nitrogen and oxygen atoms in total. The van der Waals surface area contributed by atoms with Gasteiger partial charge in [-0.05, 0) is 17.7 Å². The third kappa shape index (κ3) is 2.53. The number of hydrogen-bond donors (Lipinski definition) is 2. The summed E-state index contributed by atoms with van der Waals surface area (Å²) < 4.78 is 10.5. The zero-order valence-corrected chi connectivity index (χ0v) is 11.1. The standard InChI is InChI=1S/C16H13NO4/c17-13-8-15-14(20-9-21-15)7-11(13)6-12(16(18)19)10-4-2-1-3-5-10/h1-8H,9,17H2,(H,18,19)/b12-6-. The predicted molar refractivity (Wildman–Crippen MR) is 78.9 cm³/mol. The van der Waals surface area contributed by atoms with Gasteiger partial charge in [-0.2, -0.15) is 0 Å². The van der Waals surface area contributed by atoms with Gasteiger partial charge in [-0.3, -0.25) is 0 Å². The van der Waals surface area contributed by atoms with E-state index < -0.39 is 5.97 Å². The zero-order valence-electron chi connectivity index (χ0n) is 11.1. The summed E-state index contributed by atoms with van der Waals surface area (Å²) in [5.41, 5.74) is 7.75. The highest BCUT2D eigenvalue weighted by Gasteiger charge is 2.17. The van der Waals surface area contributed by atoms with Crippen molar-refractivity contribution in [2.24, 2.45) is 0 Å². The Labute approximate surface area is 121 Å². The number of hydrogen-bond acceptors (Lipinski definition) is 4. The molecule has 0 bridgehead atoms. The van der Waals surface area contributed by atoms with Crippen LogP contribution >= 0.6 is 0 Å². The summed E-state index contributed by atoms with van der Waals surface area (Å²) in [6.07, 6.45) is 1.54. The molecule has 21 heavy (non-hydrogen) atoms. The second kappa shape index (κ2) is 5.20. The number of nitrogen functional groups attached to an aromatic ring is 1. The maximum absolute atomic E-state index is 11.5. The minimum absolute atomic E-state index is 0.145. The van der Waals surface area contributed by atoms with Crippen molar-refractivity contribution in [2.75, 3.05) is 12.5 Å². The van der Waals surface area contributed by atoms with Crippen LogP contribution in [0.2, 0.25) is 0 Å². The first-order valence-electron chi connectivity index (χ1n) is 6.34. The first-order valence-corrected chi connectivity index (χ1v) is 6.34. The van der Waals surface area contributed by atoms with Gasteiger partial charge in [0, 0.05) is 17.3 Å². The second-order valence-electron chi connectivity index (χ2n) is 4.56. The smallest absolute Gasteiger partial charge is 0.336 e. The molecular weight excluding hydrogens is 270 g/mol. The molecule has 0 saturated carbocycles. The normalized spacial score (nSPS) is 13.2. The lowest BCUT2D eigenvalue weighted by Crippen LogP contribution is -2.00. The molecule has 0 aromatic heterocycles. The van der Waals surface area contributed by atoms with Crippen molar-refractivity contribution in [3.63, 3.8) is 0 Å². The van der Waals surface area contributed by atoms with Gasteiger partial charge in [-0.25, -0.2) is 4.79 Å². The molecule has 3 N–H and O–H groups in total. The van der Waals surface area contributed by atoms with Crippen molar-refractivity contribution in [3.8, 4) is 11.5 Å². The highest BCUT2D eigenvalue weighted by Crippen LogP contribution is 2.37. The third-order valence-corrected chi connectivity index (χ3v) is 3.19. The van der Waals surface area contributed by atoms with Gasteiger partial charge in [0.05, 0.1) is 5.57 Å². The molecule has 0 spiro atoms. The predicted octanol–water partition coefficient (Wildman–Crippen LogP) is 2.62. The molecule has 1 aliphatic rings. The molecule has 3 rings (SSSR count). The minimum atomic E-state index is -1.02. The van der Waals surface area contributed by atoms with E-state index in [1.165, 1.54) is 6.08 Å². The molecule has 1 aliphatic heterocycles. The van der Waals surface area contributed by atoms with Gasteiger partial charge in [0.15, 0.2) is 11.5 Å². The molecule has 2 aromatic rings. The second-order valence-corrected chi connectivity index (χ2v) is 4.56. The molecule has 0 fully saturated rings. The number of anilines is 1. The van der Waals surface area contributed by atoms with Gasteiger partial charge in [0.1, 0.15) is 0 Å². The fraction of sp³-hybridized carbons (Fsp3) is 0.0625. The van der Waals surface area contributed by atoms with E-state index in [4.69, 9.17) is 15.2 Å². The van der Waals surface area contributed by atoms with Crippen molar-refractivity contribution >= 4 is 23.3 Å². The Balaban J connectivity index is 2.08. The summed E-state index contributed by atoms with van der Waals surface area (Å²) in [7, 11) is 0. The van der Waals surface area contributed by atoms with Crippen LogP contribution in [0.15, 0.2) is 42.5 Å². The molecule has 0 aliphatic carbocycles. The van der Waals surface area contributed by atoms with E-state index in [1.807, 2.05) is 6.07 Å². The molecule has 0 saturated heterocycles. The first-order chi connectivity index (χ1) is 10.1. The number of carboxylic acids is 1. The number of ether oxygens (including phenoxy) is 2. The van der Waals surface area contributed by atoms with E-state index in [9.17, 15) is 9.90 Å². The topological polar surface area (TPSA) is 81.8 Å². The number of nitrogens with two attached hydrogens (primary N) is 1. The fourth-order valence-corrected chi connectivity index (χ4v) is 2.14. The van der Waals surface area contributed by atoms with Gasteiger partial charge in [-0.1, -0.05) is 30.3 Å². The monoisotopic (exact) mass is 283 g/mol. The van der Waals surface area contributed by atoms with Crippen LogP contribution in [0.3, 0.4) is 0 Å². The maximum atomic E-state index is 11.5. The molecule has 1 heterocycles. The number of benzene rings is 2. The number of aliphatic carboxylic acids is 1. The lowest BCUT2D eigenvalue weighted by atomic mass is 10.0. The Hall–Kier alpha value is -2.95. The molecular formula is C16H13NO4. The quantitative estimate of drug-likeness (QED) is 0.514. The molecule has 0 amide bonds. The van der Waals surface area contributed by atoms with Crippen LogP contribution in [0, 0.1) is 0 Å². The van der Waals surface area contributed by atoms with Gasteiger partial charge in [0.2, 0.25) is 6.79 Å². The summed E-state index contributed by atoms with van der Waals surface area (Å²) in [4.78, 5) is 11.5. The molecule has 106 valence electrons. The Morgan fingerprint density at radius 1 is 1.14 bits per heavy atom. The Kier molecular flexibility index (Phi) is 3.23. The molecule has 5 heteroatoms. The fourth-order valence-electron chi connectivity index (χ4n) is 2.14. The highest BCUT2D eigenvalue weighted by molar-refractivity contribution is 6.21. The van der Waals surface area contributed by atoms with E-state index in [-0.39, 0.29) is 12.4 Å². The molecule has 0 unspecified atom stereocenters. The highest BCUT2D eigenvalue weighted by atomic mass is 16.7. The van der Waals surface area contributed by atoms with Crippen LogP contribution < -0.4 is 15.2 Å². The van der Waals surface area contributed by atoms with Crippen LogP contribution in [0.5, 0.6) is 11.5 Å². The summed E-state index contributed by atoms with van der Waals surface area (Å²) in [5.74, 6) is 0.118. The van der Waals surface area contributed by atoms with Crippen molar-refractivity contribution in [2.45, 2.75) is 0 Å². The van der Waals surface area contributed by atoms with Crippen molar-refractivity contribution in [1.29, 1.82) is 0 Å². The number of carbonyl (C=O) groups is 1. The number of fused-ring (bicyclic) bond motifs is 1. The van der Waals surface area contributed by atoms with Crippen molar-refractivity contribution in [3.05, 3.63) is 53.6 Å². The van der Waals surface area contributed by atoms with Gasteiger partial charge >= 0.3 is 5.97 Å². The zero-order chi connectivity index (χ0) is 14.8. The first kappa shape index (κ1) is 13.1. The summed E-state index contributed by atoms with van der Waals surface area (Å²) in [5, 5.41) is 9.41. The number of rotatable bonds is 3. The van der Waals surface area contributed by atoms with Crippen LogP contribution in [0.1, 0.15) is 11.1 Å². The van der Waals surface area contributed by atoms with Crippen LogP contribution in [-0.4, -0.2) is 17.9 Å². The largest absolute Gasteiger partial charge is 0.478 e. The van der Waals surface area contributed by atoms with E-state index in [0.717, 1.165) is 0 Å². The van der Waals surface area contributed by atoms with Crippen LogP contribution in [0.4, 0.5) is 5.69 Å². The van der Waals surface area contributed by atoms with Crippen molar-refractivity contribution in [1.82, 2.24) is 0 Å². The lowest BCUT2D eigenvalue weighted by Gasteiger charge is -2.06. The molecule has 0 radical (unpaired) electrons. The third-order valence-electron chi connectivity index (χ3n) is 3.19. The SMILES string of the molecule is Nc1cc2c(cc1/C=C(\C(=O)O)c1ccccc1)OCO2. The van der Waals surface area contributed by atoms with E-state index in [2.05, 4.69) is 0 Å². The number of carboxylic acid groups (broad SMARTS) is 1. The van der Waals surface area contributed by atoms with Crippen LogP contribution in [0.25, 0.3) is 11.6 Å².